The molecule has 0 aliphatic heterocycles. The molecular weight excluding hydrogens is 429 g/mol. The van der Waals surface area contributed by atoms with E-state index in [2.05, 4.69) is 27.8 Å². The van der Waals surface area contributed by atoms with Gasteiger partial charge in [-0.3, -0.25) is 0 Å². The molecule has 0 spiro atoms. The molecule has 0 fully saturated rings. The molecule has 2 aromatic carbocycles. The van der Waals surface area contributed by atoms with Crippen LogP contribution < -0.4 is 15.4 Å². The Bertz CT molecular complexity index is 688. The lowest BCUT2D eigenvalue weighted by molar-refractivity contribution is 0.408. The predicted octanol–water partition coefficient (Wildman–Crippen LogP) is 3.58. The van der Waals surface area contributed by atoms with E-state index in [4.69, 9.17) is 4.74 Å². The van der Waals surface area contributed by atoms with Crippen LogP contribution in [0.25, 0.3) is 0 Å². The molecule has 0 amide bonds. The van der Waals surface area contributed by atoms with Gasteiger partial charge >= 0.3 is 0 Å². The third-order valence-electron chi connectivity index (χ3n) is 3.59. The molecule has 5 nitrogen and oxygen atoms in total. The summed E-state index contributed by atoms with van der Waals surface area (Å²) in [6.07, 6.45) is 0. The highest BCUT2D eigenvalue weighted by molar-refractivity contribution is 14.0. The van der Waals surface area contributed by atoms with Gasteiger partial charge in [0.1, 0.15) is 11.5 Å². The SMILES string of the molecule is CCNC(=NCc1ccc(O)cc1)NCc1ccc(C)cc1OC.I. The maximum absolute atomic E-state index is 9.33. The first-order chi connectivity index (χ1) is 11.6. The first kappa shape index (κ1) is 21.1. The van der Waals surface area contributed by atoms with Crippen LogP contribution in [0.3, 0.4) is 0 Å². The molecule has 25 heavy (non-hydrogen) atoms. The number of aliphatic imine (C=N–C) groups is 1. The number of guanidine groups is 1. The lowest BCUT2D eigenvalue weighted by Crippen LogP contribution is -2.36. The molecule has 2 aromatic rings. The number of rotatable bonds is 6. The van der Waals surface area contributed by atoms with Gasteiger partial charge in [0.25, 0.3) is 0 Å². The number of phenolic OH excluding ortho intramolecular Hbond substituents is 1. The minimum Gasteiger partial charge on any atom is -0.508 e. The summed E-state index contributed by atoms with van der Waals surface area (Å²) in [5.41, 5.74) is 3.29. The highest BCUT2D eigenvalue weighted by atomic mass is 127. The van der Waals surface area contributed by atoms with Crippen LogP contribution in [0.5, 0.6) is 11.5 Å². The summed E-state index contributed by atoms with van der Waals surface area (Å²) >= 11 is 0. The molecule has 6 heteroatoms. The van der Waals surface area contributed by atoms with Gasteiger partial charge in [-0.2, -0.15) is 0 Å². The van der Waals surface area contributed by atoms with Crippen molar-refractivity contribution >= 4 is 29.9 Å². The molecule has 0 saturated heterocycles. The zero-order valence-corrected chi connectivity index (χ0v) is 17.2. The van der Waals surface area contributed by atoms with Gasteiger partial charge < -0.3 is 20.5 Å². The van der Waals surface area contributed by atoms with E-state index in [1.807, 2.05) is 32.0 Å². The number of aryl methyl sites for hydroxylation is 1. The maximum Gasteiger partial charge on any atom is 0.191 e. The molecular formula is C19H26IN3O2. The van der Waals surface area contributed by atoms with E-state index in [-0.39, 0.29) is 29.7 Å². The molecule has 0 bridgehead atoms. The Labute approximate surface area is 166 Å². The maximum atomic E-state index is 9.33. The van der Waals surface area contributed by atoms with Crippen molar-refractivity contribution in [1.82, 2.24) is 10.6 Å². The van der Waals surface area contributed by atoms with Crippen molar-refractivity contribution in [2.45, 2.75) is 26.9 Å². The Balaban J connectivity index is 0.00000312. The molecule has 0 aromatic heterocycles. The lowest BCUT2D eigenvalue weighted by atomic mass is 10.1. The van der Waals surface area contributed by atoms with Crippen LogP contribution in [0.2, 0.25) is 0 Å². The summed E-state index contributed by atoms with van der Waals surface area (Å²) in [5.74, 6) is 1.88. The summed E-state index contributed by atoms with van der Waals surface area (Å²) < 4.78 is 5.43. The van der Waals surface area contributed by atoms with Gasteiger partial charge in [-0.05, 0) is 43.2 Å². The fraction of sp³-hybridized carbons (Fsp3) is 0.316. The fourth-order valence-electron chi connectivity index (χ4n) is 2.29. The number of hydrogen-bond acceptors (Lipinski definition) is 3. The number of halogens is 1. The summed E-state index contributed by atoms with van der Waals surface area (Å²) in [6, 6.07) is 13.2. The van der Waals surface area contributed by atoms with E-state index in [0.29, 0.717) is 13.1 Å². The van der Waals surface area contributed by atoms with Crippen molar-refractivity contribution in [2.75, 3.05) is 13.7 Å². The fourth-order valence-corrected chi connectivity index (χ4v) is 2.29. The second-order valence-corrected chi connectivity index (χ2v) is 5.53. The van der Waals surface area contributed by atoms with E-state index >= 15 is 0 Å². The van der Waals surface area contributed by atoms with Crippen molar-refractivity contribution < 1.29 is 9.84 Å². The number of nitrogens with one attached hydrogen (secondary N) is 2. The van der Waals surface area contributed by atoms with E-state index in [1.54, 1.807) is 19.2 Å². The van der Waals surface area contributed by atoms with E-state index in [0.717, 1.165) is 29.4 Å². The summed E-state index contributed by atoms with van der Waals surface area (Å²) in [6.45, 7) is 6.03. The Hall–Kier alpha value is -1.96. The first-order valence-corrected chi connectivity index (χ1v) is 8.06. The van der Waals surface area contributed by atoms with Gasteiger partial charge in [-0.15, -0.1) is 24.0 Å². The number of nitrogens with zero attached hydrogens (tertiary/aromatic N) is 1. The molecule has 0 aliphatic rings. The highest BCUT2D eigenvalue weighted by Crippen LogP contribution is 2.19. The lowest BCUT2D eigenvalue weighted by Gasteiger charge is -2.14. The topological polar surface area (TPSA) is 65.9 Å². The third kappa shape index (κ3) is 6.81. The molecule has 136 valence electrons. The molecule has 0 heterocycles. The Morgan fingerprint density at radius 3 is 2.48 bits per heavy atom. The quantitative estimate of drug-likeness (QED) is 0.354. The van der Waals surface area contributed by atoms with Gasteiger partial charge in [0, 0.05) is 18.7 Å². The predicted molar refractivity (Wildman–Crippen MR) is 113 cm³/mol. The minimum atomic E-state index is 0. The Morgan fingerprint density at radius 1 is 1.12 bits per heavy atom. The standard InChI is InChI=1S/C19H25N3O2.HI/c1-4-20-19(21-12-15-6-9-17(23)10-7-15)22-13-16-8-5-14(2)11-18(16)24-3;/h5-11,23H,4,12-13H2,1-3H3,(H2,20,21,22);1H. The van der Waals surface area contributed by atoms with Crippen LogP contribution in [-0.2, 0) is 13.1 Å². The second-order valence-electron chi connectivity index (χ2n) is 5.53. The monoisotopic (exact) mass is 455 g/mol. The van der Waals surface area contributed by atoms with Gasteiger partial charge in [0.05, 0.1) is 13.7 Å². The number of ether oxygens (including phenoxy) is 1. The summed E-state index contributed by atoms with van der Waals surface area (Å²) in [7, 11) is 1.68. The largest absolute Gasteiger partial charge is 0.508 e. The van der Waals surface area contributed by atoms with Crippen molar-refractivity contribution in [3.05, 3.63) is 59.2 Å². The Kier molecular flexibility index (Phi) is 9.12. The molecule has 0 atom stereocenters. The van der Waals surface area contributed by atoms with Crippen molar-refractivity contribution in [3.8, 4) is 11.5 Å². The minimum absolute atomic E-state index is 0. The van der Waals surface area contributed by atoms with E-state index in [9.17, 15) is 5.11 Å². The van der Waals surface area contributed by atoms with Crippen molar-refractivity contribution in [2.24, 2.45) is 4.99 Å². The summed E-state index contributed by atoms with van der Waals surface area (Å²) in [4.78, 5) is 4.57. The number of hydrogen-bond donors (Lipinski definition) is 3. The Morgan fingerprint density at radius 2 is 1.84 bits per heavy atom. The second kappa shape index (κ2) is 10.8. The number of aromatic hydroxyl groups is 1. The van der Waals surface area contributed by atoms with Crippen LogP contribution in [0.1, 0.15) is 23.6 Å². The van der Waals surface area contributed by atoms with Crippen LogP contribution in [0.15, 0.2) is 47.5 Å². The van der Waals surface area contributed by atoms with Gasteiger partial charge in [0.15, 0.2) is 5.96 Å². The van der Waals surface area contributed by atoms with Crippen LogP contribution in [0.4, 0.5) is 0 Å². The third-order valence-corrected chi connectivity index (χ3v) is 3.59. The van der Waals surface area contributed by atoms with Crippen LogP contribution >= 0.6 is 24.0 Å². The van der Waals surface area contributed by atoms with Gasteiger partial charge in [0.2, 0.25) is 0 Å². The molecule has 0 radical (unpaired) electrons. The molecule has 0 aliphatic carbocycles. The average molecular weight is 455 g/mol. The molecule has 0 unspecified atom stereocenters. The highest BCUT2D eigenvalue weighted by Gasteiger charge is 2.04. The molecule has 0 saturated carbocycles. The van der Waals surface area contributed by atoms with E-state index < -0.39 is 0 Å². The zero-order chi connectivity index (χ0) is 17.4. The number of phenols is 1. The van der Waals surface area contributed by atoms with Crippen LogP contribution in [0, 0.1) is 6.92 Å². The smallest absolute Gasteiger partial charge is 0.191 e. The van der Waals surface area contributed by atoms with Crippen LogP contribution in [-0.4, -0.2) is 24.7 Å². The zero-order valence-electron chi connectivity index (χ0n) is 14.9. The molecule has 3 N–H and O–H groups in total. The normalized spacial score (nSPS) is 10.8. The van der Waals surface area contributed by atoms with Gasteiger partial charge in [-0.1, -0.05) is 24.3 Å². The summed E-state index contributed by atoms with van der Waals surface area (Å²) in [5, 5.41) is 15.9. The number of methoxy groups -OCH3 is 1. The van der Waals surface area contributed by atoms with Crippen molar-refractivity contribution in [1.29, 1.82) is 0 Å². The molecule has 2 rings (SSSR count). The van der Waals surface area contributed by atoms with E-state index in [1.165, 1.54) is 5.56 Å². The number of benzene rings is 2. The average Bonchev–Trinajstić information content (AvgIpc) is 2.59. The van der Waals surface area contributed by atoms with Gasteiger partial charge in [-0.25, -0.2) is 4.99 Å². The first-order valence-electron chi connectivity index (χ1n) is 8.06. The van der Waals surface area contributed by atoms with Crippen molar-refractivity contribution in [3.63, 3.8) is 0 Å².